The molecular weight excluding hydrogens is 250 g/mol. The molecule has 0 bridgehead atoms. The lowest BCUT2D eigenvalue weighted by Gasteiger charge is -2.14. The predicted octanol–water partition coefficient (Wildman–Crippen LogP) is 2.34. The second-order valence-corrected chi connectivity index (χ2v) is 4.91. The van der Waals surface area contributed by atoms with Gasteiger partial charge in [-0.15, -0.1) is 0 Å². The zero-order valence-corrected chi connectivity index (χ0v) is 12.3. The molecule has 0 aromatic heterocycles. The van der Waals surface area contributed by atoms with Crippen LogP contribution in [-0.2, 0) is 11.3 Å². The molecule has 0 saturated carbocycles. The summed E-state index contributed by atoms with van der Waals surface area (Å²) in [6.45, 7) is 5.37. The Balaban J connectivity index is 2.29. The van der Waals surface area contributed by atoms with Crippen molar-refractivity contribution in [2.24, 2.45) is 0 Å². The molecule has 1 rings (SSSR count). The average molecular weight is 273 g/mol. The fraction of sp³-hybridized carbons (Fsp3) is 0.500. The molecule has 0 fully saturated rings. The zero-order chi connectivity index (χ0) is 14.8. The molecule has 20 heavy (non-hydrogen) atoms. The van der Waals surface area contributed by atoms with Crippen LogP contribution in [0.25, 0.3) is 0 Å². The summed E-state index contributed by atoms with van der Waals surface area (Å²) in [5.74, 6) is 0.0368. The van der Waals surface area contributed by atoms with Crippen LogP contribution in [0.4, 0.5) is 0 Å². The van der Waals surface area contributed by atoms with Crippen LogP contribution in [0.15, 0.2) is 24.3 Å². The molecule has 0 heterocycles. The van der Waals surface area contributed by atoms with Crippen molar-refractivity contribution in [3.63, 3.8) is 0 Å². The van der Waals surface area contributed by atoms with Gasteiger partial charge in [0.2, 0.25) is 5.91 Å². The van der Waals surface area contributed by atoms with E-state index < -0.39 is 0 Å². The number of hydrogen-bond donors (Lipinski definition) is 2. The van der Waals surface area contributed by atoms with Crippen LogP contribution in [0, 0.1) is 11.3 Å². The molecular formula is C16H23N3O. The molecule has 1 aromatic rings. The van der Waals surface area contributed by atoms with Crippen molar-refractivity contribution in [3.05, 3.63) is 35.4 Å². The first-order valence-corrected chi connectivity index (χ1v) is 7.17. The van der Waals surface area contributed by atoms with Crippen LogP contribution in [0.2, 0.25) is 0 Å². The summed E-state index contributed by atoms with van der Waals surface area (Å²) in [4.78, 5) is 11.8. The molecule has 4 nitrogen and oxygen atoms in total. The number of hydrogen-bond acceptors (Lipinski definition) is 3. The number of carbonyl (C=O) groups excluding carboxylic acids is 1. The third kappa shape index (κ3) is 5.85. The number of benzene rings is 1. The summed E-state index contributed by atoms with van der Waals surface area (Å²) in [5, 5.41) is 14.8. The third-order valence-corrected chi connectivity index (χ3v) is 3.17. The van der Waals surface area contributed by atoms with Crippen LogP contribution in [0.3, 0.4) is 0 Å². The Hall–Kier alpha value is -1.86. The van der Waals surface area contributed by atoms with E-state index in [0.29, 0.717) is 12.1 Å². The Labute approximate surface area is 121 Å². The second kappa shape index (κ2) is 9.11. The van der Waals surface area contributed by atoms with Gasteiger partial charge in [0.05, 0.1) is 17.7 Å². The van der Waals surface area contributed by atoms with Crippen LogP contribution in [0.5, 0.6) is 0 Å². The van der Waals surface area contributed by atoms with Gasteiger partial charge in [-0.1, -0.05) is 31.9 Å². The van der Waals surface area contributed by atoms with Crippen LogP contribution < -0.4 is 10.6 Å². The first-order valence-electron chi connectivity index (χ1n) is 7.17. The van der Waals surface area contributed by atoms with E-state index in [0.717, 1.165) is 31.4 Å². The molecule has 0 radical (unpaired) electrons. The molecule has 108 valence electrons. The van der Waals surface area contributed by atoms with Crippen molar-refractivity contribution in [1.29, 1.82) is 5.26 Å². The van der Waals surface area contributed by atoms with E-state index in [1.165, 1.54) is 0 Å². The van der Waals surface area contributed by atoms with Crippen LogP contribution in [-0.4, -0.2) is 18.5 Å². The minimum atomic E-state index is -0.215. The molecule has 0 aliphatic heterocycles. The summed E-state index contributed by atoms with van der Waals surface area (Å²) in [5.41, 5.74) is 1.71. The van der Waals surface area contributed by atoms with Crippen LogP contribution in [0.1, 0.15) is 44.2 Å². The Morgan fingerprint density at radius 2 is 2.00 bits per heavy atom. The molecule has 0 saturated heterocycles. The number of unbranched alkanes of at least 4 members (excludes halogenated alkanes) is 2. The number of carbonyl (C=O) groups is 1. The standard InChI is InChI=1S/C16H23N3O/c1-3-4-5-10-18-16(20)13(2)19-12-15-8-6-14(11-17)7-9-15/h6-9,13,19H,3-5,10,12H2,1-2H3,(H,18,20). The number of rotatable bonds is 8. The molecule has 0 aliphatic carbocycles. The maximum Gasteiger partial charge on any atom is 0.236 e. The van der Waals surface area contributed by atoms with E-state index in [9.17, 15) is 4.79 Å². The topological polar surface area (TPSA) is 64.9 Å². The SMILES string of the molecule is CCCCCNC(=O)C(C)NCc1ccc(C#N)cc1. The fourth-order valence-corrected chi connectivity index (χ4v) is 1.80. The third-order valence-electron chi connectivity index (χ3n) is 3.17. The Bertz CT molecular complexity index is 448. The molecule has 0 spiro atoms. The summed E-state index contributed by atoms with van der Waals surface area (Å²) in [6.07, 6.45) is 3.33. The maximum absolute atomic E-state index is 11.8. The smallest absolute Gasteiger partial charge is 0.236 e. The highest BCUT2D eigenvalue weighted by atomic mass is 16.2. The quantitative estimate of drug-likeness (QED) is 0.715. The molecule has 0 aliphatic rings. The summed E-state index contributed by atoms with van der Waals surface area (Å²) in [7, 11) is 0. The Morgan fingerprint density at radius 1 is 1.30 bits per heavy atom. The van der Waals surface area contributed by atoms with Crippen molar-refractivity contribution in [3.8, 4) is 6.07 Å². The number of nitrogens with one attached hydrogen (secondary N) is 2. The Kier molecular flexibility index (Phi) is 7.38. The highest BCUT2D eigenvalue weighted by Crippen LogP contribution is 2.03. The zero-order valence-electron chi connectivity index (χ0n) is 12.3. The van der Waals surface area contributed by atoms with Gasteiger partial charge in [0.1, 0.15) is 0 Å². The van der Waals surface area contributed by atoms with Gasteiger partial charge in [-0.2, -0.15) is 5.26 Å². The molecule has 1 unspecified atom stereocenters. The lowest BCUT2D eigenvalue weighted by Crippen LogP contribution is -2.42. The van der Waals surface area contributed by atoms with Crippen molar-refractivity contribution in [2.75, 3.05) is 6.54 Å². The van der Waals surface area contributed by atoms with Gasteiger partial charge in [-0.3, -0.25) is 4.79 Å². The molecule has 1 atom stereocenters. The number of amides is 1. The largest absolute Gasteiger partial charge is 0.355 e. The van der Waals surface area contributed by atoms with Gasteiger partial charge in [0, 0.05) is 13.1 Å². The minimum Gasteiger partial charge on any atom is -0.355 e. The maximum atomic E-state index is 11.8. The van der Waals surface area contributed by atoms with Crippen LogP contribution >= 0.6 is 0 Å². The van der Waals surface area contributed by atoms with E-state index in [4.69, 9.17) is 5.26 Å². The lowest BCUT2D eigenvalue weighted by atomic mass is 10.1. The normalized spacial score (nSPS) is 11.7. The van der Waals surface area contributed by atoms with E-state index in [2.05, 4.69) is 23.6 Å². The molecule has 4 heteroatoms. The van der Waals surface area contributed by atoms with Crippen molar-refractivity contribution >= 4 is 5.91 Å². The van der Waals surface area contributed by atoms with Gasteiger partial charge in [-0.05, 0) is 31.0 Å². The number of nitriles is 1. The van der Waals surface area contributed by atoms with Gasteiger partial charge in [0.25, 0.3) is 0 Å². The summed E-state index contributed by atoms with van der Waals surface area (Å²) < 4.78 is 0. The lowest BCUT2D eigenvalue weighted by molar-refractivity contribution is -0.122. The average Bonchev–Trinajstić information content (AvgIpc) is 2.49. The van der Waals surface area contributed by atoms with E-state index in [-0.39, 0.29) is 11.9 Å². The minimum absolute atomic E-state index is 0.0368. The first kappa shape index (κ1) is 16.2. The van der Waals surface area contributed by atoms with Gasteiger partial charge >= 0.3 is 0 Å². The first-order chi connectivity index (χ1) is 9.67. The van der Waals surface area contributed by atoms with Crippen molar-refractivity contribution in [2.45, 2.75) is 45.7 Å². The van der Waals surface area contributed by atoms with Gasteiger partial charge < -0.3 is 10.6 Å². The Morgan fingerprint density at radius 3 is 2.60 bits per heavy atom. The van der Waals surface area contributed by atoms with E-state index >= 15 is 0 Å². The second-order valence-electron chi connectivity index (χ2n) is 4.91. The van der Waals surface area contributed by atoms with E-state index in [1.807, 2.05) is 19.1 Å². The van der Waals surface area contributed by atoms with Gasteiger partial charge in [0.15, 0.2) is 0 Å². The van der Waals surface area contributed by atoms with E-state index in [1.54, 1.807) is 12.1 Å². The molecule has 1 amide bonds. The predicted molar refractivity (Wildman–Crippen MR) is 80.0 cm³/mol. The van der Waals surface area contributed by atoms with Crippen molar-refractivity contribution < 1.29 is 4.79 Å². The molecule has 2 N–H and O–H groups in total. The highest BCUT2D eigenvalue weighted by Gasteiger charge is 2.10. The highest BCUT2D eigenvalue weighted by molar-refractivity contribution is 5.81. The van der Waals surface area contributed by atoms with Crippen molar-refractivity contribution in [1.82, 2.24) is 10.6 Å². The summed E-state index contributed by atoms with van der Waals surface area (Å²) in [6, 6.07) is 9.24. The monoisotopic (exact) mass is 273 g/mol. The number of nitrogens with zero attached hydrogens (tertiary/aromatic N) is 1. The van der Waals surface area contributed by atoms with Gasteiger partial charge in [-0.25, -0.2) is 0 Å². The fourth-order valence-electron chi connectivity index (χ4n) is 1.80. The molecule has 1 aromatic carbocycles. The summed E-state index contributed by atoms with van der Waals surface area (Å²) >= 11 is 0.